The number of ether oxygens (including phenoxy) is 1. The van der Waals surface area contributed by atoms with Crippen molar-refractivity contribution >= 4 is 33.9 Å². The van der Waals surface area contributed by atoms with E-state index in [1.54, 1.807) is 12.1 Å². The Bertz CT molecular complexity index is 424. The van der Waals surface area contributed by atoms with Crippen LogP contribution in [0.4, 0.5) is 0 Å². The Kier molecular flexibility index (Phi) is 4.30. The van der Waals surface area contributed by atoms with Crippen molar-refractivity contribution in [2.75, 3.05) is 0 Å². The molecule has 0 spiro atoms. The van der Waals surface area contributed by atoms with Crippen molar-refractivity contribution in [3.05, 3.63) is 28.6 Å². The van der Waals surface area contributed by atoms with Gasteiger partial charge in [0.25, 0.3) is 5.91 Å². The lowest BCUT2D eigenvalue weighted by Gasteiger charge is -2.06. The number of primary amides is 1. The molecule has 0 fully saturated rings. The van der Waals surface area contributed by atoms with Gasteiger partial charge in [-0.3, -0.25) is 4.79 Å². The van der Waals surface area contributed by atoms with Crippen LogP contribution in [-0.2, 0) is 14.3 Å². The van der Waals surface area contributed by atoms with Gasteiger partial charge in [0.1, 0.15) is 5.76 Å². The lowest BCUT2D eigenvalue weighted by Crippen LogP contribution is -2.29. The minimum Gasteiger partial charge on any atom is -0.450 e. The molecule has 0 saturated carbocycles. The predicted molar refractivity (Wildman–Crippen MR) is 60.2 cm³/mol. The summed E-state index contributed by atoms with van der Waals surface area (Å²) in [5, 5.41) is 0. The number of rotatable bonds is 4. The van der Waals surface area contributed by atoms with Crippen LogP contribution in [0, 0.1) is 0 Å². The Labute approximate surface area is 100 Å². The summed E-state index contributed by atoms with van der Waals surface area (Å²) in [7, 11) is 0. The van der Waals surface area contributed by atoms with Gasteiger partial charge in [-0.2, -0.15) is 0 Å². The number of hydrogen-bond donors (Lipinski definition) is 1. The molecule has 0 bridgehead atoms. The minimum atomic E-state index is -0.944. The zero-order valence-corrected chi connectivity index (χ0v) is 10.1. The van der Waals surface area contributed by atoms with Crippen molar-refractivity contribution in [3.63, 3.8) is 0 Å². The lowest BCUT2D eigenvalue weighted by atomic mass is 10.4. The Morgan fingerprint density at radius 1 is 1.56 bits per heavy atom. The van der Waals surface area contributed by atoms with Crippen LogP contribution in [0.1, 0.15) is 12.7 Å². The average Bonchev–Trinajstić information content (AvgIpc) is 2.61. The maximum atomic E-state index is 11.2. The van der Waals surface area contributed by atoms with Crippen molar-refractivity contribution in [2.24, 2.45) is 5.73 Å². The maximum absolute atomic E-state index is 11.2. The zero-order chi connectivity index (χ0) is 12.1. The van der Waals surface area contributed by atoms with E-state index in [2.05, 4.69) is 20.7 Å². The maximum Gasteiger partial charge on any atom is 0.331 e. The predicted octanol–water partition coefficient (Wildman–Crippen LogP) is 1.47. The molecule has 0 aliphatic rings. The zero-order valence-electron chi connectivity index (χ0n) is 8.48. The summed E-state index contributed by atoms with van der Waals surface area (Å²) < 4.78 is 10.4. The highest BCUT2D eigenvalue weighted by Gasteiger charge is 2.12. The van der Waals surface area contributed by atoms with E-state index in [0.717, 1.165) is 6.08 Å². The van der Waals surface area contributed by atoms with Crippen molar-refractivity contribution in [3.8, 4) is 0 Å². The Morgan fingerprint density at radius 2 is 2.25 bits per heavy atom. The molecule has 86 valence electrons. The molecule has 0 radical (unpaired) electrons. The summed E-state index contributed by atoms with van der Waals surface area (Å²) in [6, 6.07) is 3.36. The van der Waals surface area contributed by atoms with Crippen LogP contribution in [0.15, 0.2) is 27.3 Å². The van der Waals surface area contributed by atoms with Crippen LogP contribution in [0.2, 0.25) is 0 Å². The SMILES string of the molecule is C[C@@H](OC(=O)/C=C/c1ccc(Br)o1)C(N)=O. The average molecular weight is 288 g/mol. The molecule has 1 aromatic rings. The molecular weight excluding hydrogens is 278 g/mol. The highest BCUT2D eigenvalue weighted by Crippen LogP contribution is 2.15. The number of furan rings is 1. The largest absolute Gasteiger partial charge is 0.450 e. The smallest absolute Gasteiger partial charge is 0.331 e. The monoisotopic (exact) mass is 287 g/mol. The molecule has 1 heterocycles. The van der Waals surface area contributed by atoms with Crippen LogP contribution in [0.25, 0.3) is 6.08 Å². The van der Waals surface area contributed by atoms with E-state index in [9.17, 15) is 9.59 Å². The lowest BCUT2D eigenvalue weighted by molar-refractivity contribution is -0.148. The molecule has 1 rings (SSSR count). The molecule has 0 aliphatic heterocycles. The number of amides is 1. The standard InChI is InChI=1S/C10H10BrNO4/c1-6(10(12)14)15-9(13)5-3-7-2-4-8(11)16-7/h2-6H,1H3,(H2,12,14)/b5-3+/t6-/m1/s1. The summed E-state index contributed by atoms with van der Waals surface area (Å²) in [4.78, 5) is 21.8. The molecule has 0 aliphatic carbocycles. The van der Waals surface area contributed by atoms with Crippen LogP contribution in [-0.4, -0.2) is 18.0 Å². The van der Waals surface area contributed by atoms with Crippen LogP contribution < -0.4 is 5.73 Å². The van der Waals surface area contributed by atoms with E-state index in [1.807, 2.05) is 0 Å². The highest BCUT2D eigenvalue weighted by atomic mass is 79.9. The van der Waals surface area contributed by atoms with Crippen LogP contribution in [0.5, 0.6) is 0 Å². The van der Waals surface area contributed by atoms with E-state index in [0.29, 0.717) is 10.4 Å². The number of esters is 1. The molecule has 2 N–H and O–H groups in total. The third kappa shape index (κ3) is 3.90. The molecule has 6 heteroatoms. The second-order valence-corrected chi connectivity index (χ2v) is 3.74. The third-order valence-electron chi connectivity index (χ3n) is 1.67. The molecular formula is C10H10BrNO4. The van der Waals surface area contributed by atoms with E-state index >= 15 is 0 Å². The quantitative estimate of drug-likeness (QED) is 0.672. The molecule has 16 heavy (non-hydrogen) atoms. The van der Waals surface area contributed by atoms with Crippen molar-refractivity contribution in [1.29, 1.82) is 0 Å². The Morgan fingerprint density at radius 3 is 2.75 bits per heavy atom. The van der Waals surface area contributed by atoms with Gasteiger partial charge in [-0.15, -0.1) is 0 Å². The molecule has 1 atom stereocenters. The first-order valence-electron chi connectivity index (χ1n) is 4.42. The fraction of sp³-hybridized carbons (Fsp3) is 0.200. The number of carbonyl (C=O) groups is 2. The van der Waals surface area contributed by atoms with Gasteiger partial charge in [0.15, 0.2) is 10.8 Å². The van der Waals surface area contributed by atoms with Crippen molar-refractivity contribution in [2.45, 2.75) is 13.0 Å². The number of carbonyl (C=O) groups excluding carboxylic acids is 2. The molecule has 0 unspecified atom stereocenters. The fourth-order valence-corrected chi connectivity index (χ4v) is 1.16. The third-order valence-corrected chi connectivity index (χ3v) is 2.10. The second kappa shape index (κ2) is 5.50. The van der Waals surface area contributed by atoms with E-state index < -0.39 is 18.0 Å². The number of halogens is 1. The normalized spacial score (nSPS) is 12.6. The topological polar surface area (TPSA) is 82.5 Å². The van der Waals surface area contributed by atoms with Gasteiger partial charge in [-0.05, 0) is 41.1 Å². The van der Waals surface area contributed by atoms with Crippen LogP contribution >= 0.6 is 15.9 Å². The van der Waals surface area contributed by atoms with Crippen LogP contribution in [0.3, 0.4) is 0 Å². The molecule has 0 aromatic carbocycles. The first-order chi connectivity index (χ1) is 7.49. The number of hydrogen-bond acceptors (Lipinski definition) is 4. The summed E-state index contributed by atoms with van der Waals surface area (Å²) in [6.07, 6.45) is 1.64. The fourth-order valence-electron chi connectivity index (χ4n) is 0.840. The van der Waals surface area contributed by atoms with E-state index in [1.165, 1.54) is 13.0 Å². The van der Waals surface area contributed by atoms with E-state index in [-0.39, 0.29) is 0 Å². The first kappa shape index (κ1) is 12.5. The van der Waals surface area contributed by atoms with Crippen molar-refractivity contribution in [1.82, 2.24) is 0 Å². The van der Waals surface area contributed by atoms with Gasteiger partial charge < -0.3 is 14.9 Å². The summed E-state index contributed by atoms with van der Waals surface area (Å²) in [5.41, 5.74) is 4.93. The minimum absolute atomic E-state index is 0.496. The molecule has 1 amide bonds. The summed E-state index contributed by atoms with van der Waals surface area (Å²) >= 11 is 3.12. The van der Waals surface area contributed by atoms with Crippen molar-refractivity contribution < 1.29 is 18.7 Å². The Hall–Kier alpha value is -1.56. The van der Waals surface area contributed by atoms with Gasteiger partial charge in [-0.1, -0.05) is 0 Å². The highest BCUT2D eigenvalue weighted by molar-refractivity contribution is 9.10. The number of nitrogens with two attached hydrogens (primary N) is 1. The summed E-state index contributed by atoms with van der Waals surface area (Å²) in [5.74, 6) is -0.850. The molecule has 0 saturated heterocycles. The van der Waals surface area contributed by atoms with Gasteiger partial charge in [0.2, 0.25) is 0 Å². The van der Waals surface area contributed by atoms with E-state index in [4.69, 9.17) is 10.2 Å². The van der Waals surface area contributed by atoms with Gasteiger partial charge in [0, 0.05) is 6.08 Å². The Balaban J connectivity index is 2.51. The van der Waals surface area contributed by atoms with Gasteiger partial charge in [0.05, 0.1) is 0 Å². The molecule has 5 nitrogen and oxygen atoms in total. The molecule has 1 aromatic heterocycles. The van der Waals surface area contributed by atoms with Gasteiger partial charge in [-0.25, -0.2) is 4.79 Å². The second-order valence-electron chi connectivity index (χ2n) is 2.96. The summed E-state index contributed by atoms with van der Waals surface area (Å²) in [6.45, 7) is 1.40. The van der Waals surface area contributed by atoms with Gasteiger partial charge >= 0.3 is 5.97 Å². The first-order valence-corrected chi connectivity index (χ1v) is 5.21.